The summed E-state index contributed by atoms with van der Waals surface area (Å²) in [5.74, 6) is 0. The van der Waals surface area contributed by atoms with E-state index >= 15 is 0 Å². The summed E-state index contributed by atoms with van der Waals surface area (Å²) in [6.45, 7) is 0. The lowest BCUT2D eigenvalue weighted by molar-refractivity contribution is 0.668. The highest BCUT2D eigenvalue weighted by molar-refractivity contribution is 6.08. The fourth-order valence-electron chi connectivity index (χ4n) is 2.45. The zero-order valence-corrected chi connectivity index (χ0v) is 10.2. The van der Waals surface area contributed by atoms with Gasteiger partial charge >= 0.3 is 0 Å². The summed E-state index contributed by atoms with van der Waals surface area (Å²) < 4.78 is 5.98. The summed E-state index contributed by atoms with van der Waals surface area (Å²) in [4.78, 5) is 4.48. The van der Waals surface area contributed by atoms with Crippen LogP contribution in [-0.4, -0.2) is 4.98 Å². The molecule has 0 aliphatic carbocycles. The molecular weight excluding hydrogens is 234 g/mol. The van der Waals surface area contributed by atoms with E-state index in [0.29, 0.717) is 0 Å². The molecule has 0 N–H and O–H groups in total. The third-order valence-corrected chi connectivity index (χ3v) is 3.34. The lowest BCUT2D eigenvalue weighted by Crippen LogP contribution is -1.82. The predicted octanol–water partition coefficient (Wildman–Crippen LogP) is 4.65. The van der Waals surface area contributed by atoms with Crippen LogP contribution in [0.4, 0.5) is 0 Å². The highest BCUT2D eigenvalue weighted by Crippen LogP contribution is 2.33. The van der Waals surface area contributed by atoms with E-state index in [1.807, 2.05) is 48.7 Å². The third kappa shape index (κ3) is 1.54. The summed E-state index contributed by atoms with van der Waals surface area (Å²) in [6, 6.07) is 20.2. The lowest BCUT2D eigenvalue weighted by atomic mass is 10.1. The molecule has 0 fully saturated rings. The molecule has 0 bridgehead atoms. The fourth-order valence-corrected chi connectivity index (χ4v) is 2.45. The minimum absolute atomic E-state index is 0.856. The summed E-state index contributed by atoms with van der Waals surface area (Å²) in [5.41, 5.74) is 3.74. The van der Waals surface area contributed by atoms with E-state index in [0.717, 1.165) is 33.2 Å². The molecular formula is C17H11NO. The van der Waals surface area contributed by atoms with Gasteiger partial charge in [-0.15, -0.1) is 0 Å². The molecule has 4 aromatic rings. The fraction of sp³-hybridized carbons (Fsp3) is 0. The van der Waals surface area contributed by atoms with E-state index in [-0.39, 0.29) is 0 Å². The van der Waals surface area contributed by atoms with Crippen LogP contribution in [0.1, 0.15) is 0 Å². The number of rotatable bonds is 1. The van der Waals surface area contributed by atoms with Gasteiger partial charge in [0.25, 0.3) is 0 Å². The van der Waals surface area contributed by atoms with Crippen LogP contribution in [-0.2, 0) is 0 Å². The van der Waals surface area contributed by atoms with Crippen molar-refractivity contribution in [2.45, 2.75) is 0 Å². The Kier molecular flexibility index (Phi) is 2.15. The van der Waals surface area contributed by atoms with Gasteiger partial charge in [-0.3, -0.25) is 4.98 Å². The molecule has 0 atom stereocenters. The van der Waals surface area contributed by atoms with Crippen LogP contribution in [0.25, 0.3) is 33.2 Å². The first-order valence-electron chi connectivity index (χ1n) is 6.25. The number of nitrogens with zero attached hydrogens (tertiary/aromatic N) is 1. The number of para-hydroxylation sites is 1. The molecule has 2 heteroatoms. The molecule has 2 aromatic carbocycles. The molecule has 0 spiro atoms. The molecule has 0 amide bonds. The van der Waals surface area contributed by atoms with Crippen molar-refractivity contribution >= 4 is 21.9 Å². The second-order valence-corrected chi connectivity index (χ2v) is 4.50. The molecule has 0 radical (unpaired) electrons. The summed E-state index contributed by atoms with van der Waals surface area (Å²) >= 11 is 0. The number of furan rings is 1. The summed E-state index contributed by atoms with van der Waals surface area (Å²) in [5, 5.41) is 2.25. The highest BCUT2D eigenvalue weighted by Gasteiger charge is 2.12. The Morgan fingerprint density at radius 3 is 2.42 bits per heavy atom. The first-order valence-corrected chi connectivity index (χ1v) is 6.25. The molecule has 2 heterocycles. The van der Waals surface area contributed by atoms with Crippen molar-refractivity contribution in [3.05, 3.63) is 66.9 Å². The Morgan fingerprint density at radius 1 is 0.737 bits per heavy atom. The van der Waals surface area contributed by atoms with E-state index in [9.17, 15) is 0 Å². The number of hydrogen-bond acceptors (Lipinski definition) is 2. The maximum absolute atomic E-state index is 5.98. The Balaban J connectivity index is 2.13. The molecule has 2 aromatic heterocycles. The average molecular weight is 245 g/mol. The van der Waals surface area contributed by atoms with Gasteiger partial charge in [0.1, 0.15) is 11.3 Å². The Hall–Kier alpha value is -2.61. The minimum atomic E-state index is 0.856. The zero-order chi connectivity index (χ0) is 12.7. The number of benzene rings is 2. The maximum Gasteiger partial charge on any atom is 0.161 e. The first-order chi connectivity index (χ1) is 9.43. The van der Waals surface area contributed by atoms with Gasteiger partial charge in [-0.2, -0.15) is 0 Å². The van der Waals surface area contributed by atoms with Crippen molar-refractivity contribution < 1.29 is 4.42 Å². The van der Waals surface area contributed by atoms with Gasteiger partial charge in [0.05, 0.1) is 0 Å². The predicted molar refractivity (Wildman–Crippen MR) is 77.0 cm³/mol. The number of fused-ring (bicyclic) bond motifs is 3. The minimum Gasteiger partial charge on any atom is -0.454 e. The molecule has 0 saturated carbocycles. The molecule has 90 valence electrons. The Bertz CT molecular complexity index is 862. The third-order valence-electron chi connectivity index (χ3n) is 3.34. The monoisotopic (exact) mass is 245 g/mol. The standard InChI is InChI=1S/C17H11NO/c1-2-6-12(7-3-1)16-17-14(10-11-18-16)13-8-4-5-9-15(13)19-17/h1-11H. The van der Waals surface area contributed by atoms with Gasteiger partial charge in [0.15, 0.2) is 5.58 Å². The molecule has 0 unspecified atom stereocenters. The van der Waals surface area contributed by atoms with Crippen LogP contribution < -0.4 is 0 Å². The van der Waals surface area contributed by atoms with E-state index < -0.39 is 0 Å². The Morgan fingerprint density at radius 2 is 1.53 bits per heavy atom. The van der Waals surface area contributed by atoms with Gasteiger partial charge in [-0.1, -0.05) is 48.5 Å². The molecule has 2 nitrogen and oxygen atoms in total. The largest absolute Gasteiger partial charge is 0.454 e. The van der Waals surface area contributed by atoms with Crippen LogP contribution in [0, 0.1) is 0 Å². The van der Waals surface area contributed by atoms with Crippen LogP contribution in [0.2, 0.25) is 0 Å². The van der Waals surface area contributed by atoms with Crippen molar-refractivity contribution in [1.82, 2.24) is 4.98 Å². The van der Waals surface area contributed by atoms with Gasteiger partial charge in [0.2, 0.25) is 0 Å². The van der Waals surface area contributed by atoms with Crippen LogP contribution in [0.5, 0.6) is 0 Å². The van der Waals surface area contributed by atoms with E-state index in [4.69, 9.17) is 4.42 Å². The summed E-state index contributed by atoms with van der Waals surface area (Å²) in [6.07, 6.45) is 1.84. The average Bonchev–Trinajstić information content (AvgIpc) is 2.87. The van der Waals surface area contributed by atoms with Crippen molar-refractivity contribution in [3.63, 3.8) is 0 Å². The maximum atomic E-state index is 5.98. The quantitative estimate of drug-likeness (QED) is 0.488. The first kappa shape index (κ1) is 10.3. The second kappa shape index (κ2) is 3.95. The topological polar surface area (TPSA) is 26.0 Å². The van der Waals surface area contributed by atoms with Gasteiger partial charge < -0.3 is 4.42 Å². The summed E-state index contributed by atoms with van der Waals surface area (Å²) in [7, 11) is 0. The number of aromatic nitrogens is 1. The van der Waals surface area contributed by atoms with Crippen molar-refractivity contribution in [3.8, 4) is 11.3 Å². The van der Waals surface area contributed by atoms with E-state index in [1.54, 1.807) is 0 Å². The molecule has 0 saturated heterocycles. The van der Waals surface area contributed by atoms with Crippen LogP contribution in [0.15, 0.2) is 71.3 Å². The molecule has 0 aliphatic heterocycles. The van der Waals surface area contributed by atoms with E-state index in [1.165, 1.54) is 0 Å². The SMILES string of the molecule is c1ccc(-c2nccc3c2oc2ccccc23)cc1. The number of pyridine rings is 1. The smallest absolute Gasteiger partial charge is 0.161 e. The normalized spacial score (nSPS) is 11.2. The molecule has 4 rings (SSSR count). The molecule has 0 aliphatic rings. The van der Waals surface area contributed by atoms with Gasteiger partial charge in [-0.25, -0.2) is 0 Å². The van der Waals surface area contributed by atoms with Crippen LogP contribution in [0.3, 0.4) is 0 Å². The van der Waals surface area contributed by atoms with Crippen LogP contribution >= 0.6 is 0 Å². The van der Waals surface area contributed by atoms with Crippen molar-refractivity contribution in [1.29, 1.82) is 0 Å². The van der Waals surface area contributed by atoms with Gasteiger partial charge in [-0.05, 0) is 12.1 Å². The van der Waals surface area contributed by atoms with E-state index in [2.05, 4.69) is 23.2 Å². The molecule has 19 heavy (non-hydrogen) atoms. The lowest BCUT2D eigenvalue weighted by Gasteiger charge is -2.00. The highest BCUT2D eigenvalue weighted by atomic mass is 16.3. The van der Waals surface area contributed by atoms with Crippen molar-refractivity contribution in [2.75, 3.05) is 0 Å². The Labute approximate surface area is 110 Å². The number of hydrogen-bond donors (Lipinski definition) is 0. The zero-order valence-electron chi connectivity index (χ0n) is 10.2. The second-order valence-electron chi connectivity index (χ2n) is 4.50. The van der Waals surface area contributed by atoms with Gasteiger partial charge in [0, 0.05) is 22.5 Å². The van der Waals surface area contributed by atoms with Crippen molar-refractivity contribution in [2.24, 2.45) is 0 Å².